The molecule has 0 spiro atoms. The van der Waals surface area contributed by atoms with E-state index < -0.39 is 34.7 Å². The van der Waals surface area contributed by atoms with Crippen molar-refractivity contribution >= 4 is 34.2 Å². The van der Waals surface area contributed by atoms with Crippen LogP contribution in [0, 0.1) is 11.3 Å². The monoisotopic (exact) mass is 653 g/mol. The molecule has 0 bridgehead atoms. The van der Waals surface area contributed by atoms with E-state index >= 15 is 0 Å². The lowest BCUT2D eigenvalue weighted by atomic mass is 10.1. The number of hydrogen-bond donors (Lipinski definition) is 1. The van der Waals surface area contributed by atoms with Crippen LogP contribution in [0.5, 0.6) is 11.8 Å². The van der Waals surface area contributed by atoms with Crippen LogP contribution < -0.4 is 25.5 Å². The molecule has 0 unspecified atom stereocenters. The third kappa shape index (κ3) is 6.88. The van der Waals surface area contributed by atoms with Crippen molar-refractivity contribution in [2.45, 2.75) is 12.4 Å². The van der Waals surface area contributed by atoms with Crippen LogP contribution in [-0.2, 0) is 12.4 Å². The van der Waals surface area contributed by atoms with E-state index in [1.54, 1.807) is 40.1 Å². The van der Waals surface area contributed by atoms with Gasteiger partial charge < -0.3 is 24.3 Å². The van der Waals surface area contributed by atoms with E-state index in [2.05, 4.69) is 20.3 Å². The van der Waals surface area contributed by atoms with Crippen LogP contribution in [0.25, 0.3) is 11.0 Å². The smallest absolute Gasteiger partial charge is 0.417 e. The molecule has 0 atom stereocenters. The van der Waals surface area contributed by atoms with Crippen LogP contribution in [0.4, 0.5) is 49.6 Å². The van der Waals surface area contributed by atoms with Gasteiger partial charge in [0.15, 0.2) is 0 Å². The summed E-state index contributed by atoms with van der Waals surface area (Å²) in [7, 11) is 0. The molecule has 0 amide bonds. The van der Waals surface area contributed by atoms with Gasteiger partial charge in [-0.2, -0.15) is 46.6 Å². The van der Waals surface area contributed by atoms with Gasteiger partial charge in [0.2, 0.25) is 11.9 Å². The lowest BCUT2D eigenvalue weighted by Crippen LogP contribution is -2.47. The van der Waals surface area contributed by atoms with Crippen molar-refractivity contribution in [3.8, 4) is 17.8 Å². The minimum absolute atomic E-state index is 0.0482. The molecule has 0 radical (unpaired) electrons. The highest BCUT2D eigenvalue weighted by Gasteiger charge is 2.34. The molecular formula is C31H21F6N7O3. The number of para-hydroxylation sites is 1. The molecule has 1 saturated heterocycles. The van der Waals surface area contributed by atoms with E-state index in [4.69, 9.17) is 14.4 Å². The summed E-state index contributed by atoms with van der Waals surface area (Å²) >= 11 is 0. The average molecular weight is 654 g/mol. The number of halogens is 6. The lowest BCUT2D eigenvalue weighted by molar-refractivity contribution is -0.138. The van der Waals surface area contributed by atoms with E-state index in [1.165, 1.54) is 18.2 Å². The molecule has 0 saturated carbocycles. The number of anilines is 4. The van der Waals surface area contributed by atoms with Gasteiger partial charge >= 0.3 is 24.0 Å². The molecule has 1 fully saturated rings. The second-order valence-electron chi connectivity index (χ2n) is 10.3. The Morgan fingerprint density at radius 2 is 1.57 bits per heavy atom. The summed E-state index contributed by atoms with van der Waals surface area (Å²) in [4.78, 5) is 28.6. The number of piperazine rings is 1. The Morgan fingerprint density at radius 3 is 2.30 bits per heavy atom. The number of rotatable bonds is 6. The molecule has 16 heteroatoms. The number of aromatic nitrogens is 3. The van der Waals surface area contributed by atoms with E-state index in [0.717, 1.165) is 30.3 Å². The Labute approximate surface area is 261 Å². The Morgan fingerprint density at radius 1 is 0.830 bits per heavy atom. The van der Waals surface area contributed by atoms with Crippen LogP contribution in [0.1, 0.15) is 16.7 Å². The Kier molecular flexibility index (Phi) is 8.06. The number of nitrogens with zero attached hydrogens (tertiary/aromatic N) is 6. The first-order valence-corrected chi connectivity index (χ1v) is 13.9. The highest BCUT2D eigenvalue weighted by Crippen LogP contribution is 2.35. The maximum absolute atomic E-state index is 13.6. The third-order valence-electron chi connectivity index (χ3n) is 7.22. The highest BCUT2D eigenvalue weighted by atomic mass is 19.4. The summed E-state index contributed by atoms with van der Waals surface area (Å²) in [6.45, 7) is 1.10. The lowest BCUT2D eigenvalue weighted by Gasteiger charge is -2.36. The minimum atomic E-state index is -4.81. The van der Waals surface area contributed by atoms with Gasteiger partial charge in [-0.15, -0.1) is 0 Å². The van der Waals surface area contributed by atoms with Gasteiger partial charge in [-0.3, -0.25) is 0 Å². The summed E-state index contributed by atoms with van der Waals surface area (Å²) in [5.41, 5.74) is -2.69. The number of nitrogens with one attached hydrogen (secondary N) is 1. The summed E-state index contributed by atoms with van der Waals surface area (Å²) < 4.78 is 91.8. The van der Waals surface area contributed by atoms with Crippen LogP contribution >= 0.6 is 0 Å². The standard InChI is InChI=1S/C31H21F6N7O3/c32-30(33,34)19-4-3-5-21(14-19)43-10-12-44(13-11-43)28-40-27(39-20-9-8-18(17-38)23(15-20)31(35,36)37)41-29(42-28)47-25-16-26(45)46-24-7-2-1-6-22(24)25/h1-9,14-16H,10-13H2,(H,39,40,41,42). The highest BCUT2D eigenvalue weighted by molar-refractivity contribution is 5.83. The summed E-state index contributed by atoms with van der Waals surface area (Å²) in [5.74, 6) is -0.111. The number of ether oxygens (including phenoxy) is 1. The molecule has 10 nitrogen and oxygen atoms in total. The third-order valence-corrected chi connectivity index (χ3v) is 7.22. The Bertz CT molecular complexity index is 2050. The summed E-state index contributed by atoms with van der Waals surface area (Å²) in [5, 5.41) is 12.3. The van der Waals surface area contributed by atoms with Gasteiger partial charge in [0, 0.05) is 37.6 Å². The average Bonchev–Trinajstić information content (AvgIpc) is 3.04. The Hall–Kier alpha value is -5.85. The van der Waals surface area contributed by atoms with Crippen molar-refractivity contribution in [3.63, 3.8) is 0 Å². The second-order valence-corrected chi connectivity index (χ2v) is 10.3. The summed E-state index contributed by atoms with van der Waals surface area (Å²) in [6, 6.07) is 16.8. The van der Waals surface area contributed by atoms with Gasteiger partial charge in [-0.25, -0.2) is 4.79 Å². The maximum atomic E-state index is 13.6. The first-order valence-electron chi connectivity index (χ1n) is 13.9. The van der Waals surface area contributed by atoms with Crippen molar-refractivity contribution in [2.24, 2.45) is 0 Å². The van der Waals surface area contributed by atoms with Crippen LogP contribution in [0.15, 0.2) is 82.0 Å². The molecule has 1 aliphatic heterocycles. The fourth-order valence-electron chi connectivity index (χ4n) is 4.98. The molecule has 1 aliphatic rings. The zero-order chi connectivity index (χ0) is 33.3. The predicted octanol–water partition coefficient (Wildman–Crippen LogP) is 6.75. The molecular weight excluding hydrogens is 632 g/mol. The number of fused-ring (bicyclic) bond motifs is 1. The number of alkyl halides is 6. The zero-order valence-electron chi connectivity index (χ0n) is 23.9. The normalized spacial score (nSPS) is 13.8. The molecule has 47 heavy (non-hydrogen) atoms. The van der Waals surface area contributed by atoms with Crippen molar-refractivity contribution in [1.82, 2.24) is 15.0 Å². The van der Waals surface area contributed by atoms with Crippen LogP contribution in [0.2, 0.25) is 0 Å². The molecule has 6 rings (SSSR count). The van der Waals surface area contributed by atoms with Gasteiger partial charge in [0.05, 0.1) is 34.2 Å². The topological polar surface area (TPSA) is 120 Å². The molecule has 1 N–H and O–H groups in total. The molecule has 240 valence electrons. The quantitative estimate of drug-likeness (QED) is 0.156. The van der Waals surface area contributed by atoms with E-state index in [9.17, 15) is 31.1 Å². The SMILES string of the molecule is N#Cc1ccc(Nc2nc(Oc3cc(=O)oc4ccccc34)nc(N3CCN(c4cccc(C(F)(F)F)c4)CC3)n2)cc1C(F)(F)F. The molecule has 5 aromatic rings. The predicted molar refractivity (Wildman–Crippen MR) is 158 cm³/mol. The van der Waals surface area contributed by atoms with E-state index in [0.29, 0.717) is 24.2 Å². The molecule has 3 heterocycles. The number of hydrogen-bond acceptors (Lipinski definition) is 10. The molecule has 2 aromatic heterocycles. The van der Waals surface area contributed by atoms with E-state index in [1.807, 2.05) is 0 Å². The number of benzene rings is 3. The Balaban J connectivity index is 1.33. The van der Waals surface area contributed by atoms with Gasteiger partial charge in [0.25, 0.3) is 0 Å². The van der Waals surface area contributed by atoms with Crippen molar-refractivity contribution in [1.29, 1.82) is 5.26 Å². The van der Waals surface area contributed by atoms with Gasteiger partial charge in [0.1, 0.15) is 11.3 Å². The molecule has 3 aromatic carbocycles. The van der Waals surface area contributed by atoms with Gasteiger partial charge in [-0.1, -0.05) is 18.2 Å². The number of nitriles is 1. The first kappa shape index (κ1) is 31.1. The van der Waals surface area contributed by atoms with E-state index in [-0.39, 0.29) is 48.0 Å². The van der Waals surface area contributed by atoms with Crippen molar-refractivity contribution in [3.05, 3.63) is 99.9 Å². The van der Waals surface area contributed by atoms with Crippen molar-refractivity contribution in [2.75, 3.05) is 41.3 Å². The zero-order valence-corrected chi connectivity index (χ0v) is 23.9. The second kappa shape index (κ2) is 12.2. The summed E-state index contributed by atoms with van der Waals surface area (Å²) in [6.07, 6.45) is -9.31. The van der Waals surface area contributed by atoms with Crippen molar-refractivity contribution < 1.29 is 35.5 Å². The minimum Gasteiger partial charge on any atom is -0.423 e. The van der Waals surface area contributed by atoms with Gasteiger partial charge in [-0.05, 0) is 48.5 Å². The maximum Gasteiger partial charge on any atom is 0.417 e. The largest absolute Gasteiger partial charge is 0.423 e. The molecule has 0 aliphatic carbocycles. The van der Waals surface area contributed by atoms with Crippen LogP contribution in [-0.4, -0.2) is 41.1 Å². The fourth-order valence-corrected chi connectivity index (χ4v) is 4.98. The fraction of sp³-hybridized carbons (Fsp3) is 0.194. The van der Waals surface area contributed by atoms with Crippen LogP contribution in [0.3, 0.4) is 0 Å². The first-order chi connectivity index (χ1) is 22.4.